The number of halogens is 1. The van der Waals surface area contributed by atoms with Crippen LogP contribution in [-0.2, 0) is 5.88 Å². The Hall–Kier alpha value is -0.760. The molecule has 1 heterocycles. The number of nitrogen functional groups attached to an aromatic ring is 1. The smallest absolute Gasteiger partial charge is 0.127 e. The van der Waals surface area contributed by atoms with Crippen molar-refractivity contribution in [1.29, 1.82) is 0 Å². The topological polar surface area (TPSA) is 38.9 Å². The van der Waals surface area contributed by atoms with E-state index in [0.29, 0.717) is 11.7 Å². The van der Waals surface area contributed by atoms with Crippen LogP contribution >= 0.6 is 11.6 Å². The average Bonchev–Trinajstić information content (AvgIpc) is 1.89. The third-order valence-electron chi connectivity index (χ3n) is 1.07. The molecule has 0 bridgehead atoms. The summed E-state index contributed by atoms with van der Waals surface area (Å²) >= 11 is 5.51. The normalized spacial score (nSPS) is 9.44. The zero-order valence-corrected chi connectivity index (χ0v) is 5.60. The quantitative estimate of drug-likeness (QED) is 0.602. The molecule has 0 atom stereocenters. The standard InChI is InChI=1S/C6H7ClN2/c7-4-5-2-1-3-9-6(5)8/h1-3H,4H2,(H2,8,9). The molecule has 3 heteroatoms. The Morgan fingerprint density at radius 3 is 2.89 bits per heavy atom. The van der Waals surface area contributed by atoms with Gasteiger partial charge in [-0.15, -0.1) is 11.6 Å². The van der Waals surface area contributed by atoms with Crippen molar-refractivity contribution in [3.05, 3.63) is 23.9 Å². The van der Waals surface area contributed by atoms with Crippen molar-refractivity contribution in [3.63, 3.8) is 0 Å². The van der Waals surface area contributed by atoms with Gasteiger partial charge in [-0.25, -0.2) is 4.98 Å². The molecule has 0 saturated heterocycles. The highest BCUT2D eigenvalue weighted by atomic mass is 35.5. The molecule has 1 aromatic heterocycles. The van der Waals surface area contributed by atoms with Gasteiger partial charge in [-0.3, -0.25) is 0 Å². The van der Waals surface area contributed by atoms with E-state index in [0.717, 1.165) is 5.56 Å². The Labute approximate surface area is 58.7 Å². The number of hydrogen-bond donors (Lipinski definition) is 1. The lowest BCUT2D eigenvalue weighted by Crippen LogP contribution is -1.93. The molecular weight excluding hydrogens is 136 g/mol. The molecule has 0 aromatic carbocycles. The molecule has 0 aliphatic heterocycles. The minimum absolute atomic E-state index is 0.430. The summed E-state index contributed by atoms with van der Waals surface area (Å²) in [7, 11) is 0. The van der Waals surface area contributed by atoms with Gasteiger partial charge in [-0.2, -0.15) is 0 Å². The molecule has 0 aliphatic rings. The fourth-order valence-electron chi connectivity index (χ4n) is 0.564. The first kappa shape index (κ1) is 6.36. The third kappa shape index (κ3) is 1.33. The van der Waals surface area contributed by atoms with Crippen LogP contribution in [-0.4, -0.2) is 4.98 Å². The van der Waals surface area contributed by atoms with Gasteiger partial charge in [-0.1, -0.05) is 6.07 Å². The molecule has 0 spiro atoms. The molecule has 0 radical (unpaired) electrons. The molecule has 2 nitrogen and oxygen atoms in total. The number of anilines is 1. The molecule has 2 N–H and O–H groups in total. The van der Waals surface area contributed by atoms with Crippen molar-refractivity contribution in [2.45, 2.75) is 5.88 Å². The first-order valence-electron chi connectivity index (χ1n) is 2.60. The van der Waals surface area contributed by atoms with Crippen LogP contribution in [0.2, 0.25) is 0 Å². The van der Waals surface area contributed by atoms with Gasteiger partial charge in [0.15, 0.2) is 0 Å². The third-order valence-corrected chi connectivity index (χ3v) is 1.36. The van der Waals surface area contributed by atoms with Crippen LogP contribution in [0.5, 0.6) is 0 Å². The van der Waals surface area contributed by atoms with E-state index in [-0.39, 0.29) is 0 Å². The van der Waals surface area contributed by atoms with E-state index in [9.17, 15) is 0 Å². The molecule has 0 unspecified atom stereocenters. The summed E-state index contributed by atoms with van der Waals surface area (Å²) in [6.45, 7) is 0. The lowest BCUT2D eigenvalue weighted by atomic mass is 10.3. The van der Waals surface area contributed by atoms with E-state index in [1.165, 1.54) is 0 Å². The van der Waals surface area contributed by atoms with Crippen LogP contribution in [0.15, 0.2) is 18.3 Å². The summed E-state index contributed by atoms with van der Waals surface area (Å²) in [6.07, 6.45) is 1.64. The predicted molar refractivity (Wildman–Crippen MR) is 38.2 cm³/mol. The van der Waals surface area contributed by atoms with Crippen LogP contribution in [0.3, 0.4) is 0 Å². The van der Waals surface area contributed by atoms with Crippen molar-refractivity contribution >= 4 is 17.4 Å². The highest BCUT2D eigenvalue weighted by Crippen LogP contribution is 2.08. The van der Waals surface area contributed by atoms with E-state index in [2.05, 4.69) is 4.98 Å². The number of hydrogen-bond acceptors (Lipinski definition) is 2. The lowest BCUT2D eigenvalue weighted by Gasteiger charge is -1.96. The number of pyridine rings is 1. The van der Waals surface area contributed by atoms with Crippen LogP contribution < -0.4 is 5.73 Å². The van der Waals surface area contributed by atoms with Crippen LogP contribution in [0.1, 0.15) is 5.56 Å². The molecule has 48 valence electrons. The van der Waals surface area contributed by atoms with Gasteiger partial charge >= 0.3 is 0 Å². The SMILES string of the molecule is Nc1ncccc1CCl. The molecule has 0 amide bonds. The number of alkyl halides is 1. The maximum Gasteiger partial charge on any atom is 0.127 e. The summed E-state index contributed by atoms with van der Waals surface area (Å²) in [4.78, 5) is 3.84. The fraction of sp³-hybridized carbons (Fsp3) is 0.167. The van der Waals surface area contributed by atoms with Gasteiger partial charge in [0.05, 0.1) is 5.88 Å². The van der Waals surface area contributed by atoms with Crippen LogP contribution in [0.4, 0.5) is 5.82 Å². The van der Waals surface area contributed by atoms with Gasteiger partial charge in [0.1, 0.15) is 5.82 Å². The highest BCUT2D eigenvalue weighted by molar-refractivity contribution is 6.17. The average molecular weight is 143 g/mol. The van der Waals surface area contributed by atoms with Crippen molar-refractivity contribution < 1.29 is 0 Å². The minimum atomic E-state index is 0.430. The van der Waals surface area contributed by atoms with E-state index >= 15 is 0 Å². The minimum Gasteiger partial charge on any atom is -0.383 e. The van der Waals surface area contributed by atoms with Crippen molar-refractivity contribution in [1.82, 2.24) is 4.98 Å². The monoisotopic (exact) mass is 142 g/mol. The fourth-order valence-corrected chi connectivity index (χ4v) is 0.790. The van der Waals surface area contributed by atoms with E-state index in [4.69, 9.17) is 17.3 Å². The van der Waals surface area contributed by atoms with Gasteiger partial charge in [0, 0.05) is 11.8 Å². The van der Waals surface area contributed by atoms with Crippen molar-refractivity contribution in [3.8, 4) is 0 Å². The van der Waals surface area contributed by atoms with Gasteiger partial charge in [0.25, 0.3) is 0 Å². The van der Waals surface area contributed by atoms with Crippen molar-refractivity contribution in [2.24, 2.45) is 0 Å². The Bertz CT molecular complexity index is 200. The van der Waals surface area contributed by atoms with Crippen LogP contribution in [0, 0.1) is 0 Å². The zero-order valence-electron chi connectivity index (χ0n) is 4.84. The van der Waals surface area contributed by atoms with Crippen molar-refractivity contribution in [2.75, 3.05) is 5.73 Å². The Morgan fingerprint density at radius 2 is 2.44 bits per heavy atom. The molecule has 0 saturated carbocycles. The highest BCUT2D eigenvalue weighted by Gasteiger charge is 1.93. The molecule has 1 aromatic rings. The molecule has 0 fully saturated rings. The summed E-state index contributed by atoms with van der Waals surface area (Å²) in [6, 6.07) is 3.67. The van der Waals surface area contributed by atoms with Gasteiger partial charge in [-0.05, 0) is 6.07 Å². The van der Waals surface area contributed by atoms with E-state index in [1.807, 2.05) is 12.1 Å². The predicted octanol–water partition coefficient (Wildman–Crippen LogP) is 1.40. The maximum absolute atomic E-state index is 5.51. The number of nitrogens with zero attached hydrogens (tertiary/aromatic N) is 1. The molecule has 1 rings (SSSR count). The zero-order chi connectivity index (χ0) is 6.69. The molecular formula is C6H7ClN2. The summed E-state index contributed by atoms with van der Waals surface area (Å²) in [5.41, 5.74) is 6.32. The molecule has 0 aliphatic carbocycles. The Balaban J connectivity index is 3.01. The van der Waals surface area contributed by atoms with Crippen LogP contribution in [0.25, 0.3) is 0 Å². The number of aromatic nitrogens is 1. The first-order valence-corrected chi connectivity index (χ1v) is 3.13. The van der Waals surface area contributed by atoms with Gasteiger partial charge in [0.2, 0.25) is 0 Å². The second kappa shape index (κ2) is 2.69. The number of rotatable bonds is 1. The van der Waals surface area contributed by atoms with E-state index < -0.39 is 0 Å². The summed E-state index contributed by atoms with van der Waals surface area (Å²) in [5.74, 6) is 0.951. The lowest BCUT2D eigenvalue weighted by molar-refractivity contribution is 1.26. The first-order chi connectivity index (χ1) is 4.34. The van der Waals surface area contributed by atoms with E-state index in [1.54, 1.807) is 6.20 Å². The summed E-state index contributed by atoms with van der Waals surface area (Å²) in [5, 5.41) is 0. The largest absolute Gasteiger partial charge is 0.383 e. The Morgan fingerprint density at radius 1 is 1.67 bits per heavy atom. The van der Waals surface area contributed by atoms with Gasteiger partial charge < -0.3 is 5.73 Å². The number of nitrogens with two attached hydrogens (primary N) is 1. The molecule has 9 heavy (non-hydrogen) atoms. The second-order valence-corrected chi connectivity index (χ2v) is 1.95. The Kier molecular flexibility index (Phi) is 1.90. The second-order valence-electron chi connectivity index (χ2n) is 1.68. The summed E-state index contributed by atoms with van der Waals surface area (Å²) < 4.78 is 0. The maximum atomic E-state index is 5.51.